The lowest BCUT2D eigenvalue weighted by Crippen LogP contribution is -2.39. The summed E-state index contributed by atoms with van der Waals surface area (Å²) in [5, 5.41) is 1.50. The highest BCUT2D eigenvalue weighted by Gasteiger charge is 2.34. The number of nitrogens with zero attached hydrogens (tertiary/aromatic N) is 2. The van der Waals surface area contributed by atoms with Crippen LogP contribution in [0.25, 0.3) is 0 Å². The smallest absolute Gasteiger partial charge is 0.348 e. The van der Waals surface area contributed by atoms with Crippen LogP contribution in [0, 0.1) is 0 Å². The Balaban J connectivity index is 2.08. The molecule has 1 aliphatic rings. The van der Waals surface area contributed by atoms with Crippen LogP contribution in [0.3, 0.4) is 0 Å². The Kier molecular flexibility index (Phi) is 3.07. The highest BCUT2D eigenvalue weighted by Crippen LogP contribution is 2.33. The normalized spacial score (nSPS) is 19.1. The Morgan fingerprint density at radius 3 is 2.50 bits per heavy atom. The lowest BCUT2D eigenvalue weighted by molar-refractivity contribution is -0.140. The van der Waals surface area contributed by atoms with E-state index < -0.39 is 11.9 Å². The highest BCUT2D eigenvalue weighted by atomic mass is 32.1. The summed E-state index contributed by atoms with van der Waals surface area (Å²) >= 11 is 1.04. The minimum Gasteiger partial charge on any atom is -0.348 e. The molecule has 1 saturated heterocycles. The van der Waals surface area contributed by atoms with Crippen molar-refractivity contribution in [3.05, 3.63) is 11.1 Å². The van der Waals surface area contributed by atoms with Crippen LogP contribution in [0.4, 0.5) is 18.3 Å². The molecule has 1 fully saturated rings. The molecule has 0 atom stereocenters. The third-order valence-electron chi connectivity index (χ3n) is 2.59. The summed E-state index contributed by atoms with van der Waals surface area (Å²) in [5.74, 6) is 0. The largest absolute Gasteiger partial charge is 0.434 e. The zero-order valence-corrected chi connectivity index (χ0v) is 9.31. The topological polar surface area (TPSA) is 42.1 Å². The van der Waals surface area contributed by atoms with Gasteiger partial charge in [-0.3, -0.25) is 0 Å². The first kappa shape index (κ1) is 11.7. The SMILES string of the molecule is NC1CCN(c2nc(C(F)(F)F)cs2)CC1. The van der Waals surface area contributed by atoms with Crippen molar-refractivity contribution < 1.29 is 13.2 Å². The van der Waals surface area contributed by atoms with Gasteiger partial charge in [-0.1, -0.05) is 0 Å². The van der Waals surface area contributed by atoms with E-state index in [1.54, 1.807) is 0 Å². The standard InChI is InChI=1S/C9H12F3N3S/c10-9(11,12)7-5-16-8(14-7)15-3-1-6(13)2-4-15/h5-6H,1-4,13H2. The minimum absolute atomic E-state index is 0.165. The number of hydrogen-bond donors (Lipinski definition) is 1. The summed E-state index contributed by atoms with van der Waals surface area (Å²) in [6.07, 6.45) is -2.73. The van der Waals surface area contributed by atoms with Gasteiger partial charge in [0.25, 0.3) is 0 Å². The number of nitrogens with two attached hydrogens (primary N) is 1. The van der Waals surface area contributed by atoms with E-state index in [0.29, 0.717) is 18.2 Å². The number of aromatic nitrogens is 1. The molecule has 16 heavy (non-hydrogen) atoms. The molecule has 1 aromatic heterocycles. The molecule has 0 unspecified atom stereocenters. The molecule has 1 aliphatic heterocycles. The number of halogens is 3. The van der Waals surface area contributed by atoms with Gasteiger partial charge in [0.1, 0.15) is 0 Å². The van der Waals surface area contributed by atoms with Crippen LogP contribution >= 0.6 is 11.3 Å². The number of alkyl halides is 3. The van der Waals surface area contributed by atoms with Crippen molar-refractivity contribution >= 4 is 16.5 Å². The molecule has 0 amide bonds. The van der Waals surface area contributed by atoms with Crippen molar-refractivity contribution in [2.75, 3.05) is 18.0 Å². The van der Waals surface area contributed by atoms with E-state index in [0.717, 1.165) is 29.6 Å². The van der Waals surface area contributed by atoms with Crippen molar-refractivity contribution in [1.82, 2.24) is 4.98 Å². The average Bonchev–Trinajstić information content (AvgIpc) is 2.67. The molecule has 0 saturated carbocycles. The van der Waals surface area contributed by atoms with Crippen molar-refractivity contribution in [2.45, 2.75) is 25.1 Å². The molecule has 2 rings (SSSR count). The number of rotatable bonds is 1. The Bertz CT molecular complexity index is 355. The van der Waals surface area contributed by atoms with Gasteiger partial charge in [0, 0.05) is 24.5 Å². The quantitative estimate of drug-likeness (QED) is 0.831. The van der Waals surface area contributed by atoms with Gasteiger partial charge in [-0.05, 0) is 12.8 Å². The van der Waals surface area contributed by atoms with Gasteiger partial charge >= 0.3 is 6.18 Å². The van der Waals surface area contributed by atoms with Gasteiger partial charge in [0.2, 0.25) is 0 Å². The van der Waals surface area contributed by atoms with Crippen molar-refractivity contribution in [3.8, 4) is 0 Å². The van der Waals surface area contributed by atoms with Gasteiger partial charge in [-0.2, -0.15) is 13.2 Å². The molecule has 0 aromatic carbocycles. The number of anilines is 1. The summed E-state index contributed by atoms with van der Waals surface area (Å²) in [6, 6.07) is 0.165. The molecule has 0 spiro atoms. The molecule has 0 bridgehead atoms. The van der Waals surface area contributed by atoms with Crippen LogP contribution in [0.1, 0.15) is 18.5 Å². The van der Waals surface area contributed by atoms with E-state index in [-0.39, 0.29) is 6.04 Å². The van der Waals surface area contributed by atoms with E-state index in [1.807, 2.05) is 4.90 Å². The molecule has 3 nitrogen and oxygen atoms in total. The number of piperidine rings is 1. The summed E-state index contributed by atoms with van der Waals surface area (Å²) in [6.45, 7) is 1.37. The first-order valence-electron chi connectivity index (χ1n) is 5.00. The monoisotopic (exact) mass is 251 g/mol. The fraction of sp³-hybridized carbons (Fsp3) is 0.667. The third kappa shape index (κ3) is 2.46. The number of thiazole rings is 1. The summed E-state index contributed by atoms with van der Waals surface area (Å²) in [5.41, 5.74) is 4.92. The maximum Gasteiger partial charge on any atom is 0.434 e. The predicted octanol–water partition coefficient (Wildman–Crippen LogP) is 2.09. The molecule has 90 valence electrons. The summed E-state index contributed by atoms with van der Waals surface area (Å²) in [7, 11) is 0. The first-order valence-corrected chi connectivity index (χ1v) is 5.88. The molecule has 0 aliphatic carbocycles. The van der Waals surface area contributed by atoms with Crippen molar-refractivity contribution in [1.29, 1.82) is 0 Å². The maximum atomic E-state index is 12.3. The van der Waals surface area contributed by atoms with Crippen molar-refractivity contribution in [3.63, 3.8) is 0 Å². The molecule has 1 aromatic rings. The van der Waals surface area contributed by atoms with Crippen LogP contribution in [0.5, 0.6) is 0 Å². The van der Waals surface area contributed by atoms with E-state index >= 15 is 0 Å². The van der Waals surface area contributed by atoms with Crippen LogP contribution in [-0.4, -0.2) is 24.1 Å². The van der Waals surface area contributed by atoms with Gasteiger partial charge in [0.05, 0.1) is 0 Å². The van der Waals surface area contributed by atoms with Crippen molar-refractivity contribution in [2.24, 2.45) is 5.73 Å². The van der Waals surface area contributed by atoms with Crippen LogP contribution < -0.4 is 10.6 Å². The Morgan fingerprint density at radius 2 is 2.00 bits per heavy atom. The maximum absolute atomic E-state index is 12.3. The Labute approximate surface area is 95.1 Å². The predicted molar refractivity (Wildman–Crippen MR) is 56.5 cm³/mol. The van der Waals surface area contributed by atoms with Gasteiger partial charge in [-0.25, -0.2) is 4.98 Å². The second-order valence-corrected chi connectivity index (χ2v) is 4.67. The van der Waals surface area contributed by atoms with E-state index in [9.17, 15) is 13.2 Å². The summed E-state index contributed by atoms with van der Waals surface area (Å²) < 4.78 is 37.0. The number of hydrogen-bond acceptors (Lipinski definition) is 4. The van der Waals surface area contributed by atoms with E-state index in [4.69, 9.17) is 5.73 Å². The first-order chi connectivity index (χ1) is 7.47. The molecular weight excluding hydrogens is 239 g/mol. The molecular formula is C9H12F3N3S. The second kappa shape index (κ2) is 4.21. The zero-order valence-electron chi connectivity index (χ0n) is 8.50. The van der Waals surface area contributed by atoms with Crippen LogP contribution in [0.2, 0.25) is 0 Å². The average molecular weight is 251 g/mol. The molecule has 2 heterocycles. The Hall–Kier alpha value is -0.820. The lowest BCUT2D eigenvalue weighted by atomic mass is 10.1. The zero-order chi connectivity index (χ0) is 11.8. The van der Waals surface area contributed by atoms with E-state index in [1.165, 1.54) is 0 Å². The second-order valence-electron chi connectivity index (χ2n) is 3.84. The molecule has 2 N–H and O–H groups in total. The lowest BCUT2D eigenvalue weighted by Gasteiger charge is -2.29. The fourth-order valence-corrected chi connectivity index (χ4v) is 2.52. The molecule has 0 radical (unpaired) electrons. The van der Waals surface area contributed by atoms with Crippen LogP contribution in [-0.2, 0) is 6.18 Å². The highest BCUT2D eigenvalue weighted by molar-refractivity contribution is 7.13. The van der Waals surface area contributed by atoms with Gasteiger partial charge < -0.3 is 10.6 Å². The minimum atomic E-state index is -4.35. The third-order valence-corrected chi connectivity index (χ3v) is 3.49. The van der Waals surface area contributed by atoms with Gasteiger partial charge in [0.15, 0.2) is 10.8 Å². The fourth-order valence-electron chi connectivity index (χ4n) is 1.63. The summed E-state index contributed by atoms with van der Waals surface area (Å²) in [4.78, 5) is 5.47. The molecule has 7 heteroatoms. The van der Waals surface area contributed by atoms with Gasteiger partial charge in [-0.15, -0.1) is 11.3 Å². The Morgan fingerprint density at radius 1 is 1.38 bits per heavy atom. The van der Waals surface area contributed by atoms with E-state index in [2.05, 4.69) is 4.98 Å². The van der Waals surface area contributed by atoms with Crippen LogP contribution in [0.15, 0.2) is 5.38 Å².